The Kier molecular flexibility index (Phi) is 4.37. The van der Waals surface area contributed by atoms with E-state index in [1.807, 2.05) is 21.0 Å². The molecule has 1 N–H and O–H groups in total. The van der Waals surface area contributed by atoms with Gasteiger partial charge in [0.25, 0.3) is 5.56 Å². The van der Waals surface area contributed by atoms with Crippen LogP contribution in [0.5, 0.6) is 5.75 Å². The van der Waals surface area contributed by atoms with Crippen molar-refractivity contribution in [3.05, 3.63) is 34.1 Å². The summed E-state index contributed by atoms with van der Waals surface area (Å²) in [4.78, 5) is 31.7. The van der Waals surface area contributed by atoms with Gasteiger partial charge in [-0.15, -0.1) is 0 Å². The standard InChI is InChI=1S/C16H22N6O2/c1-10-14(24-4)15(18-9-17-10)22-6-5-11(8-22)12-7-13(23)20-16(19-12)21(2)3/h7,9,11H,5-6,8H2,1-4H3,(H,19,20,23). The number of rotatable bonds is 4. The summed E-state index contributed by atoms with van der Waals surface area (Å²) in [5, 5.41) is 0. The molecular formula is C16H22N6O2. The van der Waals surface area contributed by atoms with Gasteiger partial charge in [0.1, 0.15) is 6.33 Å². The van der Waals surface area contributed by atoms with Crippen LogP contribution in [-0.2, 0) is 0 Å². The van der Waals surface area contributed by atoms with Gasteiger partial charge in [0.05, 0.1) is 18.5 Å². The van der Waals surface area contributed by atoms with Gasteiger partial charge < -0.3 is 14.5 Å². The molecule has 0 radical (unpaired) electrons. The topological polar surface area (TPSA) is 87.2 Å². The van der Waals surface area contributed by atoms with Crippen LogP contribution in [0.25, 0.3) is 0 Å². The van der Waals surface area contributed by atoms with Gasteiger partial charge in [0.2, 0.25) is 5.95 Å². The normalized spacial score (nSPS) is 17.2. The van der Waals surface area contributed by atoms with Crippen molar-refractivity contribution in [2.45, 2.75) is 19.3 Å². The number of anilines is 2. The van der Waals surface area contributed by atoms with E-state index in [1.54, 1.807) is 24.4 Å². The highest BCUT2D eigenvalue weighted by Crippen LogP contribution is 2.34. The van der Waals surface area contributed by atoms with Crippen LogP contribution in [0.3, 0.4) is 0 Å². The summed E-state index contributed by atoms with van der Waals surface area (Å²) in [5.74, 6) is 2.26. The average molecular weight is 330 g/mol. The van der Waals surface area contributed by atoms with Gasteiger partial charge in [-0.2, -0.15) is 0 Å². The highest BCUT2D eigenvalue weighted by Gasteiger charge is 2.29. The molecule has 3 rings (SSSR count). The van der Waals surface area contributed by atoms with Crippen molar-refractivity contribution in [3.63, 3.8) is 0 Å². The maximum atomic E-state index is 11.9. The second-order valence-corrected chi connectivity index (χ2v) is 6.14. The molecule has 3 heterocycles. The summed E-state index contributed by atoms with van der Waals surface area (Å²) in [6.45, 7) is 3.48. The predicted octanol–water partition coefficient (Wildman–Crippen LogP) is 0.937. The average Bonchev–Trinajstić information content (AvgIpc) is 3.03. The fourth-order valence-electron chi connectivity index (χ4n) is 2.99. The lowest BCUT2D eigenvalue weighted by Crippen LogP contribution is -2.23. The van der Waals surface area contributed by atoms with Crippen molar-refractivity contribution in [2.24, 2.45) is 0 Å². The fourth-order valence-corrected chi connectivity index (χ4v) is 2.99. The Hall–Kier alpha value is -2.64. The first-order chi connectivity index (χ1) is 11.5. The van der Waals surface area contributed by atoms with Crippen LogP contribution in [0.4, 0.5) is 11.8 Å². The Bertz CT molecular complexity index is 788. The van der Waals surface area contributed by atoms with Gasteiger partial charge >= 0.3 is 0 Å². The van der Waals surface area contributed by atoms with E-state index >= 15 is 0 Å². The Morgan fingerprint density at radius 2 is 2.17 bits per heavy atom. The molecule has 0 spiro atoms. The summed E-state index contributed by atoms with van der Waals surface area (Å²) in [7, 11) is 5.35. The SMILES string of the molecule is COc1c(C)ncnc1N1CCC(c2cc(=O)[nH]c(N(C)C)n2)C1. The summed E-state index contributed by atoms with van der Waals surface area (Å²) < 4.78 is 5.46. The number of aromatic amines is 1. The Morgan fingerprint density at radius 1 is 1.38 bits per heavy atom. The van der Waals surface area contributed by atoms with E-state index < -0.39 is 0 Å². The molecule has 128 valence electrons. The van der Waals surface area contributed by atoms with Crippen molar-refractivity contribution in [3.8, 4) is 5.75 Å². The van der Waals surface area contributed by atoms with Crippen LogP contribution in [0.2, 0.25) is 0 Å². The van der Waals surface area contributed by atoms with E-state index in [0.717, 1.165) is 36.7 Å². The zero-order chi connectivity index (χ0) is 17.3. The van der Waals surface area contributed by atoms with Crippen molar-refractivity contribution < 1.29 is 4.74 Å². The largest absolute Gasteiger partial charge is 0.491 e. The highest BCUT2D eigenvalue weighted by molar-refractivity contribution is 5.55. The maximum Gasteiger partial charge on any atom is 0.252 e. The number of aromatic nitrogens is 4. The molecule has 8 nitrogen and oxygen atoms in total. The molecule has 0 bridgehead atoms. The van der Waals surface area contributed by atoms with E-state index in [9.17, 15) is 4.79 Å². The van der Waals surface area contributed by atoms with Crippen molar-refractivity contribution >= 4 is 11.8 Å². The van der Waals surface area contributed by atoms with Gasteiger partial charge in [0.15, 0.2) is 11.6 Å². The van der Waals surface area contributed by atoms with E-state index in [4.69, 9.17) is 4.74 Å². The number of H-pyrrole nitrogens is 1. The highest BCUT2D eigenvalue weighted by atomic mass is 16.5. The first-order valence-electron chi connectivity index (χ1n) is 7.88. The molecule has 0 amide bonds. The number of nitrogens with zero attached hydrogens (tertiary/aromatic N) is 5. The minimum atomic E-state index is -0.127. The number of ether oxygens (including phenoxy) is 1. The summed E-state index contributed by atoms with van der Waals surface area (Å²) >= 11 is 0. The molecule has 0 aromatic carbocycles. The molecule has 1 aliphatic heterocycles. The molecule has 0 saturated carbocycles. The van der Waals surface area contributed by atoms with E-state index in [0.29, 0.717) is 11.7 Å². The van der Waals surface area contributed by atoms with Gasteiger partial charge in [-0.05, 0) is 13.3 Å². The molecule has 1 aliphatic rings. The van der Waals surface area contributed by atoms with Crippen molar-refractivity contribution in [1.82, 2.24) is 19.9 Å². The molecular weight excluding hydrogens is 308 g/mol. The second-order valence-electron chi connectivity index (χ2n) is 6.14. The predicted molar refractivity (Wildman–Crippen MR) is 92.1 cm³/mol. The zero-order valence-electron chi connectivity index (χ0n) is 14.4. The van der Waals surface area contributed by atoms with Crippen LogP contribution >= 0.6 is 0 Å². The Morgan fingerprint density at radius 3 is 2.88 bits per heavy atom. The first kappa shape index (κ1) is 16.2. The molecule has 1 unspecified atom stereocenters. The number of aryl methyl sites for hydroxylation is 1. The lowest BCUT2D eigenvalue weighted by Gasteiger charge is -2.20. The molecule has 1 atom stereocenters. The zero-order valence-corrected chi connectivity index (χ0v) is 14.4. The molecule has 2 aromatic rings. The smallest absolute Gasteiger partial charge is 0.252 e. The lowest BCUT2D eigenvalue weighted by atomic mass is 10.1. The Balaban J connectivity index is 1.86. The molecule has 24 heavy (non-hydrogen) atoms. The van der Waals surface area contributed by atoms with E-state index in [-0.39, 0.29) is 11.5 Å². The van der Waals surface area contributed by atoms with Gasteiger partial charge in [0, 0.05) is 39.2 Å². The van der Waals surface area contributed by atoms with Crippen LogP contribution in [0.1, 0.15) is 23.7 Å². The quantitative estimate of drug-likeness (QED) is 0.892. The van der Waals surface area contributed by atoms with Crippen molar-refractivity contribution in [1.29, 1.82) is 0 Å². The van der Waals surface area contributed by atoms with Crippen LogP contribution in [-0.4, -0.2) is 54.2 Å². The van der Waals surface area contributed by atoms with Crippen LogP contribution in [0, 0.1) is 6.92 Å². The van der Waals surface area contributed by atoms with E-state index in [1.165, 1.54) is 0 Å². The number of hydrogen-bond donors (Lipinski definition) is 1. The van der Waals surface area contributed by atoms with Gasteiger partial charge in [-0.3, -0.25) is 9.78 Å². The molecule has 1 fully saturated rings. The summed E-state index contributed by atoms with van der Waals surface area (Å²) in [6, 6.07) is 1.59. The maximum absolute atomic E-state index is 11.9. The number of methoxy groups -OCH3 is 1. The fraction of sp³-hybridized carbons (Fsp3) is 0.500. The number of nitrogens with one attached hydrogen (secondary N) is 1. The third-order valence-electron chi connectivity index (χ3n) is 4.25. The van der Waals surface area contributed by atoms with Crippen molar-refractivity contribution in [2.75, 3.05) is 44.1 Å². The summed E-state index contributed by atoms with van der Waals surface area (Å²) in [6.07, 6.45) is 2.46. The van der Waals surface area contributed by atoms with Crippen LogP contribution < -0.4 is 20.1 Å². The molecule has 0 aliphatic carbocycles. The molecule has 8 heteroatoms. The molecule has 1 saturated heterocycles. The minimum Gasteiger partial charge on any atom is -0.491 e. The van der Waals surface area contributed by atoms with E-state index in [2.05, 4.69) is 24.8 Å². The van der Waals surface area contributed by atoms with Gasteiger partial charge in [-0.1, -0.05) is 0 Å². The second kappa shape index (κ2) is 6.46. The third-order valence-corrected chi connectivity index (χ3v) is 4.25. The van der Waals surface area contributed by atoms with Crippen LogP contribution in [0.15, 0.2) is 17.2 Å². The summed E-state index contributed by atoms with van der Waals surface area (Å²) in [5.41, 5.74) is 1.50. The monoisotopic (exact) mass is 330 g/mol. The molecule has 2 aromatic heterocycles. The minimum absolute atomic E-state index is 0.127. The van der Waals surface area contributed by atoms with Gasteiger partial charge in [-0.25, -0.2) is 15.0 Å². The third kappa shape index (κ3) is 3.04. The Labute approximate surface area is 140 Å². The lowest BCUT2D eigenvalue weighted by molar-refractivity contribution is 0.407. The first-order valence-corrected chi connectivity index (χ1v) is 7.88. The number of hydrogen-bond acceptors (Lipinski definition) is 7.